The summed E-state index contributed by atoms with van der Waals surface area (Å²) in [5.41, 5.74) is 13.1. The third-order valence-corrected chi connectivity index (χ3v) is 7.56. The van der Waals surface area contributed by atoms with Crippen molar-refractivity contribution < 1.29 is 0 Å². The molecule has 0 spiro atoms. The summed E-state index contributed by atoms with van der Waals surface area (Å²) in [5.74, 6) is 0. The molecule has 0 aromatic heterocycles. The molecule has 2 heteroatoms. The number of aryl methyl sites for hydroxylation is 3. The fraction of sp³-hybridized carbons (Fsp3) is 0.0769. The second-order valence-electron chi connectivity index (χ2n) is 10.5. The Morgan fingerprint density at radius 3 is 1.22 bits per heavy atom. The van der Waals surface area contributed by atoms with Crippen LogP contribution in [-0.4, -0.2) is 0 Å². The number of benzene rings is 6. The first-order valence-electron chi connectivity index (χ1n) is 14.1. The van der Waals surface area contributed by atoms with Gasteiger partial charge in [-0.3, -0.25) is 0 Å². The van der Waals surface area contributed by atoms with Crippen molar-refractivity contribution in [3.05, 3.63) is 168 Å². The van der Waals surface area contributed by atoms with Crippen molar-refractivity contribution in [2.75, 3.05) is 9.80 Å². The van der Waals surface area contributed by atoms with Crippen LogP contribution in [0.4, 0.5) is 34.1 Å². The van der Waals surface area contributed by atoms with Crippen molar-refractivity contribution in [2.45, 2.75) is 20.8 Å². The van der Waals surface area contributed by atoms with Crippen molar-refractivity contribution in [3.8, 4) is 11.1 Å². The lowest BCUT2D eigenvalue weighted by molar-refractivity contribution is 1.24. The summed E-state index contributed by atoms with van der Waals surface area (Å²) in [6.45, 7) is 6.49. The third-order valence-electron chi connectivity index (χ3n) is 7.56. The standard InChI is InChI=1S/C39H34N2/c1-29-18-27-39(31(3)28-29)41(35-15-8-5-9-16-35)37-25-21-33(22-26-37)32-19-23-36(24-20-32)40(34-13-6-4-7-14-34)38-17-11-10-12-30(38)2/h4-28H,1-3H3. The second kappa shape index (κ2) is 11.6. The van der Waals surface area contributed by atoms with Crippen LogP contribution in [0.1, 0.15) is 16.7 Å². The highest BCUT2D eigenvalue weighted by molar-refractivity contribution is 5.82. The molecule has 6 rings (SSSR count). The summed E-state index contributed by atoms with van der Waals surface area (Å²) in [6.07, 6.45) is 0. The molecule has 0 saturated carbocycles. The molecule has 6 aromatic carbocycles. The Balaban J connectivity index is 1.33. The first kappa shape index (κ1) is 26.2. The van der Waals surface area contributed by atoms with Gasteiger partial charge in [-0.2, -0.15) is 0 Å². The molecule has 0 heterocycles. The fourth-order valence-electron chi connectivity index (χ4n) is 5.49. The van der Waals surface area contributed by atoms with Gasteiger partial charge in [0.1, 0.15) is 0 Å². The van der Waals surface area contributed by atoms with E-state index in [0.717, 1.165) is 22.7 Å². The molecule has 0 saturated heterocycles. The van der Waals surface area contributed by atoms with E-state index in [1.54, 1.807) is 0 Å². The largest absolute Gasteiger partial charge is 0.310 e. The van der Waals surface area contributed by atoms with Crippen molar-refractivity contribution in [1.82, 2.24) is 0 Å². The maximum absolute atomic E-state index is 2.33. The Hall–Kier alpha value is -5.08. The zero-order valence-electron chi connectivity index (χ0n) is 23.8. The van der Waals surface area contributed by atoms with E-state index in [1.807, 2.05) is 0 Å². The van der Waals surface area contributed by atoms with Crippen LogP contribution in [-0.2, 0) is 0 Å². The van der Waals surface area contributed by atoms with Gasteiger partial charge in [-0.25, -0.2) is 0 Å². The predicted molar refractivity (Wildman–Crippen MR) is 175 cm³/mol. The Morgan fingerprint density at radius 1 is 0.341 bits per heavy atom. The van der Waals surface area contributed by atoms with Crippen LogP contribution in [0.5, 0.6) is 0 Å². The second-order valence-corrected chi connectivity index (χ2v) is 10.5. The van der Waals surface area contributed by atoms with E-state index < -0.39 is 0 Å². The monoisotopic (exact) mass is 530 g/mol. The average Bonchev–Trinajstić information content (AvgIpc) is 3.01. The van der Waals surface area contributed by atoms with E-state index in [2.05, 4.69) is 182 Å². The van der Waals surface area contributed by atoms with Crippen molar-refractivity contribution in [1.29, 1.82) is 0 Å². The van der Waals surface area contributed by atoms with Crippen LogP contribution in [0.15, 0.2) is 152 Å². The molecule has 200 valence electrons. The van der Waals surface area contributed by atoms with E-state index in [1.165, 1.54) is 39.2 Å². The van der Waals surface area contributed by atoms with E-state index in [-0.39, 0.29) is 0 Å². The summed E-state index contributed by atoms with van der Waals surface area (Å²) in [5, 5.41) is 0. The molecule has 0 amide bonds. The summed E-state index contributed by atoms with van der Waals surface area (Å²) < 4.78 is 0. The Bertz CT molecular complexity index is 1740. The number of anilines is 6. The lowest BCUT2D eigenvalue weighted by Gasteiger charge is -2.27. The molecule has 0 aliphatic heterocycles. The van der Waals surface area contributed by atoms with Crippen LogP contribution in [0, 0.1) is 20.8 Å². The van der Waals surface area contributed by atoms with Gasteiger partial charge in [0.2, 0.25) is 0 Å². The molecule has 0 radical (unpaired) electrons. The molecule has 0 aliphatic rings. The summed E-state index contributed by atoms with van der Waals surface area (Å²) in [7, 11) is 0. The molecule has 2 nitrogen and oxygen atoms in total. The van der Waals surface area contributed by atoms with Crippen LogP contribution in [0.25, 0.3) is 11.1 Å². The summed E-state index contributed by atoms with van der Waals surface area (Å²) >= 11 is 0. The van der Waals surface area contributed by atoms with Gasteiger partial charge in [0.15, 0.2) is 0 Å². The quantitative estimate of drug-likeness (QED) is 0.202. The van der Waals surface area contributed by atoms with Gasteiger partial charge in [0.05, 0.1) is 0 Å². The lowest BCUT2D eigenvalue weighted by Crippen LogP contribution is -2.11. The predicted octanol–water partition coefficient (Wildman–Crippen LogP) is 11.2. The number of hydrogen-bond acceptors (Lipinski definition) is 2. The topological polar surface area (TPSA) is 6.48 Å². The van der Waals surface area contributed by atoms with E-state index in [4.69, 9.17) is 0 Å². The van der Waals surface area contributed by atoms with E-state index in [9.17, 15) is 0 Å². The highest BCUT2D eigenvalue weighted by atomic mass is 15.1. The number of hydrogen-bond donors (Lipinski definition) is 0. The van der Waals surface area contributed by atoms with Crippen LogP contribution in [0.3, 0.4) is 0 Å². The fourth-order valence-corrected chi connectivity index (χ4v) is 5.49. The van der Waals surface area contributed by atoms with Crippen molar-refractivity contribution in [2.24, 2.45) is 0 Å². The van der Waals surface area contributed by atoms with Crippen LogP contribution >= 0.6 is 0 Å². The van der Waals surface area contributed by atoms with E-state index in [0.29, 0.717) is 0 Å². The summed E-state index contributed by atoms with van der Waals surface area (Å²) in [6, 6.07) is 54.1. The van der Waals surface area contributed by atoms with Crippen LogP contribution in [0.2, 0.25) is 0 Å². The van der Waals surface area contributed by atoms with Gasteiger partial charge in [0, 0.05) is 34.1 Å². The average molecular weight is 531 g/mol. The smallest absolute Gasteiger partial charge is 0.0490 e. The lowest BCUT2D eigenvalue weighted by atomic mass is 10.0. The molecule has 0 bridgehead atoms. The Kier molecular flexibility index (Phi) is 7.38. The summed E-state index contributed by atoms with van der Waals surface area (Å²) in [4.78, 5) is 4.66. The minimum atomic E-state index is 1.14. The molecule has 0 aliphatic carbocycles. The SMILES string of the molecule is Cc1ccc(N(c2ccccc2)c2ccc(-c3ccc(N(c4ccccc4)c4ccccc4C)cc3)cc2)c(C)c1. The maximum atomic E-state index is 2.33. The molecule has 0 atom stereocenters. The van der Waals surface area contributed by atoms with Gasteiger partial charge in [0.25, 0.3) is 0 Å². The molecule has 41 heavy (non-hydrogen) atoms. The van der Waals surface area contributed by atoms with Gasteiger partial charge in [-0.15, -0.1) is 0 Å². The van der Waals surface area contributed by atoms with Crippen molar-refractivity contribution in [3.63, 3.8) is 0 Å². The normalized spacial score (nSPS) is 10.8. The molecular formula is C39H34N2. The minimum Gasteiger partial charge on any atom is -0.310 e. The maximum Gasteiger partial charge on any atom is 0.0490 e. The first-order valence-corrected chi connectivity index (χ1v) is 14.1. The van der Waals surface area contributed by atoms with E-state index >= 15 is 0 Å². The van der Waals surface area contributed by atoms with Crippen LogP contribution < -0.4 is 9.80 Å². The molecule has 0 unspecified atom stereocenters. The highest BCUT2D eigenvalue weighted by Crippen LogP contribution is 2.39. The Labute approximate surface area is 243 Å². The Morgan fingerprint density at radius 2 is 0.756 bits per heavy atom. The van der Waals surface area contributed by atoms with Crippen molar-refractivity contribution >= 4 is 34.1 Å². The molecule has 0 N–H and O–H groups in total. The number of nitrogens with zero attached hydrogens (tertiary/aromatic N) is 2. The third kappa shape index (κ3) is 5.50. The van der Waals surface area contributed by atoms with Gasteiger partial charge in [-0.05, 0) is 104 Å². The molecule has 6 aromatic rings. The zero-order chi connectivity index (χ0) is 28.2. The van der Waals surface area contributed by atoms with Gasteiger partial charge in [-0.1, -0.05) is 96.6 Å². The van der Waals surface area contributed by atoms with Gasteiger partial charge >= 0.3 is 0 Å². The first-order chi connectivity index (χ1) is 20.1. The van der Waals surface area contributed by atoms with Gasteiger partial charge < -0.3 is 9.80 Å². The molecular weight excluding hydrogens is 496 g/mol. The number of rotatable bonds is 7. The molecule has 0 fully saturated rings. The minimum absolute atomic E-state index is 1.14. The zero-order valence-corrected chi connectivity index (χ0v) is 23.8. The number of para-hydroxylation sites is 3. The highest BCUT2D eigenvalue weighted by Gasteiger charge is 2.16.